The summed E-state index contributed by atoms with van der Waals surface area (Å²) in [6.45, 7) is 1.55. The molecule has 0 radical (unpaired) electrons. The Bertz CT molecular complexity index is 670. The third-order valence-electron chi connectivity index (χ3n) is 5.73. The quantitative estimate of drug-likeness (QED) is 0.802. The van der Waals surface area contributed by atoms with E-state index in [1.807, 2.05) is 35.2 Å². The van der Waals surface area contributed by atoms with Crippen molar-refractivity contribution >= 4 is 17.8 Å². The van der Waals surface area contributed by atoms with Gasteiger partial charge < -0.3 is 15.3 Å². The van der Waals surface area contributed by atoms with Gasteiger partial charge in [-0.25, -0.2) is 4.79 Å². The third kappa shape index (κ3) is 4.87. The van der Waals surface area contributed by atoms with Crippen LogP contribution in [0, 0.1) is 11.8 Å². The van der Waals surface area contributed by atoms with E-state index < -0.39 is 17.9 Å². The summed E-state index contributed by atoms with van der Waals surface area (Å²) in [6, 6.07) is 8.28. The topological polar surface area (TPSA) is 86.7 Å². The van der Waals surface area contributed by atoms with Gasteiger partial charge in [-0.2, -0.15) is 0 Å². The average Bonchev–Trinajstić information content (AvgIpc) is 3.22. The number of carbonyl (C=O) groups excluding carboxylic acids is 2. The molecule has 1 aromatic carbocycles. The van der Waals surface area contributed by atoms with Crippen LogP contribution in [0.1, 0.15) is 44.1 Å². The summed E-state index contributed by atoms with van der Waals surface area (Å²) in [5.74, 6) is -2.02. The van der Waals surface area contributed by atoms with Crippen molar-refractivity contribution < 1.29 is 19.5 Å². The van der Waals surface area contributed by atoms with Crippen LogP contribution < -0.4 is 5.32 Å². The number of likely N-dealkylation sites (tertiary alicyclic amines) is 1. The molecule has 0 spiro atoms. The molecule has 1 saturated heterocycles. The van der Waals surface area contributed by atoms with Crippen LogP contribution in [-0.2, 0) is 20.8 Å². The van der Waals surface area contributed by atoms with Gasteiger partial charge in [0.15, 0.2) is 0 Å². The monoisotopic (exact) mass is 372 g/mol. The Morgan fingerprint density at radius 2 is 1.63 bits per heavy atom. The van der Waals surface area contributed by atoms with Crippen molar-refractivity contribution in [3.63, 3.8) is 0 Å². The van der Waals surface area contributed by atoms with Gasteiger partial charge in [0.25, 0.3) is 0 Å². The first-order chi connectivity index (χ1) is 13.1. The SMILES string of the molecule is O=C(O)C(Cc1ccccc1)NC(=O)C1CCCCC1C(=O)N1CCCC1. The molecule has 0 aromatic heterocycles. The van der Waals surface area contributed by atoms with Crippen molar-refractivity contribution in [1.29, 1.82) is 0 Å². The maximum Gasteiger partial charge on any atom is 0.326 e. The molecular weight excluding hydrogens is 344 g/mol. The van der Waals surface area contributed by atoms with Gasteiger partial charge in [0.1, 0.15) is 6.04 Å². The van der Waals surface area contributed by atoms with E-state index in [1.165, 1.54) is 0 Å². The summed E-state index contributed by atoms with van der Waals surface area (Å²) in [4.78, 5) is 39.3. The number of nitrogens with one attached hydrogen (secondary N) is 1. The van der Waals surface area contributed by atoms with Crippen LogP contribution in [-0.4, -0.2) is 46.9 Å². The number of carbonyl (C=O) groups is 3. The minimum absolute atomic E-state index is 0.0716. The van der Waals surface area contributed by atoms with Gasteiger partial charge in [-0.05, 0) is 31.2 Å². The molecule has 3 unspecified atom stereocenters. The lowest BCUT2D eigenvalue weighted by atomic mass is 9.77. The first kappa shape index (κ1) is 19.4. The molecule has 3 rings (SSSR count). The van der Waals surface area contributed by atoms with E-state index in [4.69, 9.17) is 0 Å². The molecule has 146 valence electrons. The Balaban J connectivity index is 1.67. The Hall–Kier alpha value is -2.37. The fourth-order valence-corrected chi connectivity index (χ4v) is 4.24. The van der Waals surface area contributed by atoms with Crippen LogP contribution in [0.3, 0.4) is 0 Å². The maximum absolute atomic E-state index is 12.9. The zero-order valence-corrected chi connectivity index (χ0v) is 15.6. The molecule has 1 aliphatic carbocycles. The molecule has 2 aliphatic rings. The summed E-state index contributed by atoms with van der Waals surface area (Å²) in [5, 5.41) is 12.2. The van der Waals surface area contributed by atoms with Gasteiger partial charge in [-0.1, -0.05) is 43.2 Å². The zero-order valence-electron chi connectivity index (χ0n) is 15.6. The van der Waals surface area contributed by atoms with Crippen molar-refractivity contribution in [1.82, 2.24) is 10.2 Å². The Morgan fingerprint density at radius 3 is 2.26 bits per heavy atom. The molecule has 3 atom stereocenters. The van der Waals surface area contributed by atoms with Crippen LogP contribution in [0.15, 0.2) is 30.3 Å². The Morgan fingerprint density at radius 1 is 1.00 bits per heavy atom. The third-order valence-corrected chi connectivity index (χ3v) is 5.73. The largest absolute Gasteiger partial charge is 0.480 e. The first-order valence-electron chi connectivity index (χ1n) is 9.92. The predicted molar refractivity (Wildman–Crippen MR) is 101 cm³/mol. The van der Waals surface area contributed by atoms with Crippen molar-refractivity contribution in [3.05, 3.63) is 35.9 Å². The highest BCUT2D eigenvalue weighted by Crippen LogP contribution is 2.32. The lowest BCUT2D eigenvalue weighted by molar-refractivity contribution is -0.145. The van der Waals surface area contributed by atoms with Gasteiger partial charge >= 0.3 is 5.97 Å². The number of amides is 2. The molecule has 1 heterocycles. The van der Waals surface area contributed by atoms with Crippen LogP contribution in [0.2, 0.25) is 0 Å². The summed E-state index contributed by atoms with van der Waals surface area (Å²) in [6.07, 6.45) is 5.48. The van der Waals surface area contributed by atoms with Crippen LogP contribution in [0.5, 0.6) is 0 Å². The van der Waals surface area contributed by atoms with Gasteiger partial charge in [-0.3, -0.25) is 9.59 Å². The highest BCUT2D eigenvalue weighted by molar-refractivity contribution is 5.90. The lowest BCUT2D eigenvalue weighted by Gasteiger charge is -2.33. The van der Waals surface area contributed by atoms with E-state index in [0.29, 0.717) is 12.8 Å². The smallest absolute Gasteiger partial charge is 0.326 e. The molecule has 6 heteroatoms. The molecule has 1 saturated carbocycles. The summed E-state index contributed by atoms with van der Waals surface area (Å²) in [7, 11) is 0. The van der Waals surface area contributed by atoms with Crippen LogP contribution in [0.25, 0.3) is 0 Å². The maximum atomic E-state index is 12.9. The number of hydrogen-bond acceptors (Lipinski definition) is 3. The summed E-state index contributed by atoms with van der Waals surface area (Å²) < 4.78 is 0. The van der Waals surface area contributed by atoms with E-state index >= 15 is 0 Å². The fourth-order valence-electron chi connectivity index (χ4n) is 4.24. The first-order valence-corrected chi connectivity index (χ1v) is 9.92. The van der Waals surface area contributed by atoms with Crippen molar-refractivity contribution in [3.8, 4) is 0 Å². The fraction of sp³-hybridized carbons (Fsp3) is 0.571. The second-order valence-electron chi connectivity index (χ2n) is 7.62. The Kier molecular flexibility index (Phi) is 6.48. The Labute approximate surface area is 159 Å². The summed E-state index contributed by atoms with van der Waals surface area (Å²) >= 11 is 0. The van der Waals surface area contributed by atoms with Crippen molar-refractivity contribution in [2.75, 3.05) is 13.1 Å². The lowest BCUT2D eigenvalue weighted by Crippen LogP contribution is -2.49. The average molecular weight is 372 g/mol. The molecule has 2 fully saturated rings. The van der Waals surface area contributed by atoms with E-state index in [2.05, 4.69) is 5.32 Å². The number of benzene rings is 1. The number of aliphatic carboxylic acids is 1. The second-order valence-corrected chi connectivity index (χ2v) is 7.62. The van der Waals surface area contributed by atoms with Gasteiger partial charge in [-0.15, -0.1) is 0 Å². The van der Waals surface area contributed by atoms with E-state index in [1.54, 1.807) is 0 Å². The molecule has 2 N–H and O–H groups in total. The number of carboxylic acid groups (broad SMARTS) is 1. The normalized spacial score (nSPS) is 23.6. The standard InChI is InChI=1S/C21H28N2O4/c24-19(22-18(21(26)27)14-15-8-2-1-3-9-15)16-10-4-5-11-17(16)20(25)23-12-6-7-13-23/h1-3,8-9,16-18H,4-7,10-14H2,(H,22,24)(H,26,27). The highest BCUT2D eigenvalue weighted by atomic mass is 16.4. The van der Waals surface area contributed by atoms with E-state index in [9.17, 15) is 19.5 Å². The summed E-state index contributed by atoms with van der Waals surface area (Å²) in [5.41, 5.74) is 0.860. The van der Waals surface area contributed by atoms with Crippen LogP contribution in [0.4, 0.5) is 0 Å². The van der Waals surface area contributed by atoms with Gasteiger partial charge in [0.2, 0.25) is 11.8 Å². The molecular formula is C21H28N2O4. The molecule has 1 aromatic rings. The van der Waals surface area contributed by atoms with Crippen LogP contribution >= 0.6 is 0 Å². The van der Waals surface area contributed by atoms with Gasteiger partial charge in [0.05, 0.1) is 0 Å². The molecule has 2 amide bonds. The van der Waals surface area contributed by atoms with E-state index in [-0.39, 0.29) is 24.2 Å². The molecule has 0 bridgehead atoms. The number of hydrogen-bond donors (Lipinski definition) is 2. The number of nitrogens with zero attached hydrogens (tertiary/aromatic N) is 1. The molecule has 1 aliphatic heterocycles. The molecule has 27 heavy (non-hydrogen) atoms. The molecule has 6 nitrogen and oxygen atoms in total. The minimum Gasteiger partial charge on any atom is -0.480 e. The van der Waals surface area contributed by atoms with Crippen molar-refractivity contribution in [2.24, 2.45) is 11.8 Å². The van der Waals surface area contributed by atoms with Crippen molar-refractivity contribution in [2.45, 2.75) is 51.0 Å². The van der Waals surface area contributed by atoms with E-state index in [0.717, 1.165) is 44.3 Å². The predicted octanol–water partition coefficient (Wildman–Crippen LogP) is 2.23. The zero-order chi connectivity index (χ0) is 19.2. The van der Waals surface area contributed by atoms with Gasteiger partial charge in [0, 0.05) is 31.3 Å². The second kappa shape index (κ2) is 9.02. The number of rotatable bonds is 6. The number of carboxylic acids is 1. The minimum atomic E-state index is -1.05. The highest BCUT2D eigenvalue weighted by Gasteiger charge is 2.39.